The third-order valence-corrected chi connectivity index (χ3v) is 3.71. The van der Waals surface area contributed by atoms with Gasteiger partial charge in [0.15, 0.2) is 5.82 Å². The van der Waals surface area contributed by atoms with Crippen LogP contribution in [-0.2, 0) is 0 Å². The van der Waals surface area contributed by atoms with Gasteiger partial charge in [0.2, 0.25) is 11.7 Å². The zero-order chi connectivity index (χ0) is 17.1. The number of amides is 1. The maximum absolute atomic E-state index is 12.2. The van der Waals surface area contributed by atoms with Gasteiger partial charge >= 0.3 is 0 Å². The van der Waals surface area contributed by atoms with Gasteiger partial charge in [0.1, 0.15) is 5.69 Å². The number of rotatable bonds is 5. The number of anilines is 1. The van der Waals surface area contributed by atoms with E-state index in [1.54, 1.807) is 6.07 Å². The van der Waals surface area contributed by atoms with E-state index in [2.05, 4.69) is 30.6 Å². The molecule has 24 heavy (non-hydrogen) atoms. The van der Waals surface area contributed by atoms with Gasteiger partial charge in [-0.2, -0.15) is 4.98 Å². The predicted molar refractivity (Wildman–Crippen MR) is 87.5 cm³/mol. The van der Waals surface area contributed by atoms with Gasteiger partial charge in [-0.25, -0.2) is 4.98 Å². The quantitative estimate of drug-likeness (QED) is 0.746. The highest BCUT2D eigenvalue weighted by molar-refractivity contribution is 6.01. The minimum Gasteiger partial charge on any atom is -0.351 e. The Labute approximate surface area is 138 Å². The lowest BCUT2D eigenvalue weighted by molar-refractivity contribution is 0.0987. The van der Waals surface area contributed by atoms with Gasteiger partial charge in [-0.1, -0.05) is 25.1 Å². The molecule has 0 bridgehead atoms. The first kappa shape index (κ1) is 15.9. The molecule has 2 N–H and O–H groups in total. The lowest BCUT2D eigenvalue weighted by atomic mass is 10.1. The van der Waals surface area contributed by atoms with Crippen LogP contribution in [0.3, 0.4) is 0 Å². The van der Waals surface area contributed by atoms with Crippen molar-refractivity contribution in [2.24, 2.45) is 0 Å². The van der Waals surface area contributed by atoms with Crippen molar-refractivity contribution >= 4 is 11.9 Å². The highest BCUT2D eigenvalue weighted by Gasteiger charge is 2.18. The number of aromatic amines is 1. The van der Waals surface area contributed by atoms with Crippen molar-refractivity contribution in [1.82, 2.24) is 25.3 Å². The maximum Gasteiger partial charge on any atom is 0.296 e. The first-order valence-corrected chi connectivity index (χ1v) is 7.71. The molecule has 1 atom stereocenters. The Morgan fingerprint density at radius 1 is 1.38 bits per heavy atom. The number of hydrogen-bond acceptors (Lipinski definition) is 6. The van der Waals surface area contributed by atoms with Gasteiger partial charge in [0.25, 0.3) is 5.91 Å². The third kappa shape index (κ3) is 3.32. The average Bonchev–Trinajstić information content (AvgIpc) is 3.23. The van der Waals surface area contributed by atoms with Crippen molar-refractivity contribution in [2.75, 3.05) is 5.32 Å². The number of carbonyl (C=O) groups excluding carboxylic acids is 1. The van der Waals surface area contributed by atoms with Crippen molar-refractivity contribution in [1.29, 1.82) is 0 Å². The number of carbonyl (C=O) groups is 1. The average molecular weight is 326 g/mol. The fourth-order valence-electron chi connectivity index (χ4n) is 2.11. The number of hydrogen-bond donors (Lipinski definition) is 2. The summed E-state index contributed by atoms with van der Waals surface area (Å²) in [5.41, 5.74) is 2.28. The zero-order valence-corrected chi connectivity index (χ0v) is 13.7. The number of nitrogens with zero attached hydrogens (tertiary/aromatic N) is 4. The van der Waals surface area contributed by atoms with E-state index in [0.717, 1.165) is 17.8 Å². The first-order chi connectivity index (χ1) is 11.6. The summed E-state index contributed by atoms with van der Waals surface area (Å²) >= 11 is 0. The van der Waals surface area contributed by atoms with E-state index in [1.165, 1.54) is 0 Å². The van der Waals surface area contributed by atoms with Crippen molar-refractivity contribution in [2.45, 2.75) is 33.1 Å². The Morgan fingerprint density at radius 3 is 2.96 bits per heavy atom. The second kappa shape index (κ2) is 6.61. The molecule has 8 nitrogen and oxygen atoms in total. The van der Waals surface area contributed by atoms with Crippen LogP contribution in [0.4, 0.5) is 5.95 Å². The normalized spacial score (nSPS) is 12.1. The standard InChI is InChI=1S/C16H18N6O2/c1-4-9(2)12-8-13(24-22-12)15(23)19-16-18-14(20-21-16)11-7-5-6-10(3)17-11/h5-9H,4H2,1-3H3,(H2,18,19,20,21,23). The molecule has 8 heteroatoms. The van der Waals surface area contributed by atoms with E-state index in [4.69, 9.17) is 4.52 Å². The van der Waals surface area contributed by atoms with Gasteiger partial charge in [0.05, 0.1) is 5.69 Å². The molecule has 3 rings (SSSR count). The van der Waals surface area contributed by atoms with E-state index in [0.29, 0.717) is 11.5 Å². The number of H-pyrrole nitrogens is 1. The zero-order valence-electron chi connectivity index (χ0n) is 13.7. The van der Waals surface area contributed by atoms with E-state index >= 15 is 0 Å². The summed E-state index contributed by atoms with van der Waals surface area (Å²) in [5.74, 6) is 0.551. The van der Waals surface area contributed by atoms with Gasteiger partial charge in [0, 0.05) is 17.7 Å². The molecule has 3 aromatic heterocycles. The van der Waals surface area contributed by atoms with Crippen LogP contribution >= 0.6 is 0 Å². The van der Waals surface area contributed by atoms with Crippen LogP contribution in [0.25, 0.3) is 11.5 Å². The third-order valence-electron chi connectivity index (χ3n) is 3.71. The lowest BCUT2D eigenvalue weighted by Gasteiger charge is -2.00. The van der Waals surface area contributed by atoms with Crippen LogP contribution in [0.2, 0.25) is 0 Å². The molecule has 3 heterocycles. The van der Waals surface area contributed by atoms with E-state index in [1.807, 2.05) is 39.0 Å². The molecule has 0 aliphatic rings. The largest absolute Gasteiger partial charge is 0.351 e. The Bertz CT molecular complexity index is 854. The van der Waals surface area contributed by atoms with Gasteiger partial charge in [-0.15, -0.1) is 5.10 Å². The second-order valence-corrected chi connectivity index (χ2v) is 5.55. The monoisotopic (exact) mass is 326 g/mol. The van der Waals surface area contributed by atoms with Crippen molar-refractivity contribution in [3.05, 3.63) is 41.4 Å². The topological polar surface area (TPSA) is 110 Å². The molecule has 0 saturated carbocycles. The molecule has 0 saturated heterocycles. The number of aromatic nitrogens is 5. The molecule has 0 spiro atoms. The highest BCUT2D eigenvalue weighted by atomic mass is 16.5. The van der Waals surface area contributed by atoms with Crippen LogP contribution in [0.5, 0.6) is 0 Å². The summed E-state index contributed by atoms with van der Waals surface area (Å²) in [6, 6.07) is 7.22. The number of nitrogens with one attached hydrogen (secondary N) is 2. The Morgan fingerprint density at radius 2 is 2.21 bits per heavy atom. The second-order valence-electron chi connectivity index (χ2n) is 5.55. The maximum atomic E-state index is 12.2. The molecule has 0 aliphatic heterocycles. The molecule has 0 radical (unpaired) electrons. The SMILES string of the molecule is CCC(C)c1cc(C(=O)Nc2n[nH]c(-c3cccc(C)n3)n2)on1. The van der Waals surface area contributed by atoms with Crippen molar-refractivity contribution in [3.63, 3.8) is 0 Å². The summed E-state index contributed by atoms with van der Waals surface area (Å²) in [7, 11) is 0. The lowest BCUT2D eigenvalue weighted by Crippen LogP contribution is -2.12. The van der Waals surface area contributed by atoms with Crippen LogP contribution in [-0.4, -0.2) is 31.2 Å². The Hall–Kier alpha value is -3.03. The van der Waals surface area contributed by atoms with Gasteiger partial charge in [-0.05, 0) is 25.5 Å². The van der Waals surface area contributed by atoms with Crippen LogP contribution in [0.1, 0.15) is 48.1 Å². The van der Waals surface area contributed by atoms with Crippen molar-refractivity contribution < 1.29 is 9.32 Å². The molecular formula is C16H18N6O2. The minimum absolute atomic E-state index is 0.130. The fourth-order valence-corrected chi connectivity index (χ4v) is 2.11. The summed E-state index contributed by atoms with van der Waals surface area (Å²) in [5, 5.41) is 13.2. The highest BCUT2D eigenvalue weighted by Crippen LogP contribution is 2.19. The van der Waals surface area contributed by atoms with Crippen LogP contribution < -0.4 is 5.32 Å². The smallest absolute Gasteiger partial charge is 0.296 e. The summed E-state index contributed by atoms with van der Waals surface area (Å²) in [6.45, 7) is 5.96. The Kier molecular flexibility index (Phi) is 4.37. The van der Waals surface area contributed by atoms with E-state index in [9.17, 15) is 4.79 Å². The molecule has 124 valence electrons. The fraction of sp³-hybridized carbons (Fsp3) is 0.312. The summed E-state index contributed by atoms with van der Waals surface area (Å²) in [6.07, 6.45) is 0.918. The van der Waals surface area contributed by atoms with Gasteiger partial charge in [-0.3, -0.25) is 15.2 Å². The van der Waals surface area contributed by atoms with Crippen molar-refractivity contribution in [3.8, 4) is 11.5 Å². The molecule has 1 amide bonds. The van der Waals surface area contributed by atoms with Crippen LogP contribution in [0, 0.1) is 6.92 Å². The molecule has 0 aromatic carbocycles. The first-order valence-electron chi connectivity index (χ1n) is 7.71. The summed E-state index contributed by atoms with van der Waals surface area (Å²) < 4.78 is 5.09. The molecule has 3 aromatic rings. The number of pyridine rings is 1. The van der Waals surface area contributed by atoms with Crippen LogP contribution in [0.15, 0.2) is 28.8 Å². The minimum atomic E-state index is -0.445. The molecule has 0 fully saturated rings. The summed E-state index contributed by atoms with van der Waals surface area (Å²) in [4.78, 5) is 20.8. The van der Waals surface area contributed by atoms with E-state index in [-0.39, 0.29) is 17.6 Å². The molecule has 1 unspecified atom stereocenters. The van der Waals surface area contributed by atoms with E-state index < -0.39 is 5.91 Å². The molecular weight excluding hydrogens is 308 g/mol. The molecule has 0 aliphatic carbocycles. The Balaban J connectivity index is 1.72. The predicted octanol–water partition coefficient (Wildman–Crippen LogP) is 2.93. The number of aryl methyl sites for hydroxylation is 1. The van der Waals surface area contributed by atoms with Gasteiger partial charge < -0.3 is 4.52 Å².